The monoisotopic (exact) mass is 312 g/mol. The Balaban J connectivity index is 2.10. The average molecular weight is 312 g/mol. The Morgan fingerprint density at radius 1 is 1.48 bits per heavy atom. The largest absolute Gasteiger partial charge is 0.444 e. The molecule has 2 aliphatic heterocycles. The van der Waals surface area contributed by atoms with Gasteiger partial charge in [0.05, 0.1) is 0 Å². The van der Waals surface area contributed by atoms with E-state index < -0.39 is 5.60 Å². The lowest BCUT2D eigenvalue weighted by Crippen LogP contribution is -2.38. The molecule has 21 heavy (non-hydrogen) atoms. The van der Waals surface area contributed by atoms with E-state index in [4.69, 9.17) is 10.3 Å². The van der Waals surface area contributed by atoms with Gasteiger partial charge in [0.1, 0.15) is 5.60 Å². The highest BCUT2D eigenvalue weighted by atomic mass is 32.2. The van der Waals surface area contributed by atoms with E-state index in [9.17, 15) is 4.79 Å². The molecular weight excluding hydrogens is 288 g/mol. The molecule has 0 aromatic carbocycles. The van der Waals surface area contributed by atoms with Crippen molar-refractivity contribution in [2.75, 3.05) is 31.1 Å². The van der Waals surface area contributed by atoms with E-state index in [1.807, 2.05) is 32.5 Å². The number of thioether (sulfide) groups is 1. The van der Waals surface area contributed by atoms with Crippen LogP contribution in [0.15, 0.2) is 5.11 Å². The molecule has 1 amide bonds. The van der Waals surface area contributed by atoms with Gasteiger partial charge in [-0.25, -0.2) is 4.79 Å². The zero-order valence-corrected chi connectivity index (χ0v) is 13.9. The third-order valence-electron chi connectivity index (χ3n) is 4.32. The molecule has 0 saturated carbocycles. The maximum atomic E-state index is 12.3. The molecule has 2 aliphatic rings. The van der Waals surface area contributed by atoms with Gasteiger partial charge in [-0.05, 0) is 62.0 Å². The summed E-state index contributed by atoms with van der Waals surface area (Å²) in [6.07, 6.45) is 1.93. The summed E-state index contributed by atoms with van der Waals surface area (Å²) in [6, 6.07) is 0. The Morgan fingerprint density at radius 2 is 2.14 bits per heavy atom. The summed E-state index contributed by atoms with van der Waals surface area (Å²) in [6.45, 7) is 7.48. The number of carbonyl (C=O) groups excluding carboxylic acids is 1. The number of ether oxygens (including phenoxy) is 1. The van der Waals surface area contributed by atoms with E-state index in [0.29, 0.717) is 13.1 Å². The second-order valence-electron chi connectivity index (χ2n) is 6.95. The van der Waals surface area contributed by atoms with Crippen molar-refractivity contribution >= 4 is 17.9 Å². The second-order valence-corrected chi connectivity index (χ2v) is 8.17. The molecule has 2 saturated heterocycles. The van der Waals surface area contributed by atoms with Crippen LogP contribution in [0.1, 0.15) is 33.6 Å². The van der Waals surface area contributed by atoms with Crippen molar-refractivity contribution in [3.63, 3.8) is 0 Å². The van der Waals surface area contributed by atoms with Gasteiger partial charge in [-0.3, -0.25) is 0 Å². The quantitative estimate of drug-likeness (QED) is 0.443. The van der Waals surface area contributed by atoms with Crippen LogP contribution in [0.2, 0.25) is 0 Å². The molecule has 0 N–H and O–H groups in total. The Hall–Kier alpha value is -1.07. The average Bonchev–Trinajstić information content (AvgIpc) is 2.74. The third-order valence-corrected chi connectivity index (χ3v) is 5.30. The van der Waals surface area contributed by atoms with Crippen molar-refractivity contribution in [2.24, 2.45) is 16.4 Å². The van der Waals surface area contributed by atoms with Gasteiger partial charge in [0, 0.05) is 24.5 Å². The van der Waals surface area contributed by atoms with Gasteiger partial charge in [0.25, 0.3) is 0 Å². The Bertz CT molecular complexity index is 437. The molecule has 7 heteroatoms. The first kappa shape index (κ1) is 16.3. The van der Waals surface area contributed by atoms with Crippen molar-refractivity contribution in [3.8, 4) is 0 Å². The van der Waals surface area contributed by atoms with E-state index in [-0.39, 0.29) is 17.4 Å². The number of carbonyl (C=O) groups is 1. The van der Waals surface area contributed by atoms with Gasteiger partial charge < -0.3 is 9.64 Å². The van der Waals surface area contributed by atoms with Crippen molar-refractivity contribution in [3.05, 3.63) is 10.4 Å². The molecule has 0 aliphatic carbocycles. The molecule has 1 unspecified atom stereocenters. The molecule has 0 aromatic heterocycles. The van der Waals surface area contributed by atoms with Gasteiger partial charge >= 0.3 is 6.09 Å². The number of azide groups is 1. The summed E-state index contributed by atoms with van der Waals surface area (Å²) in [5.41, 5.74) is 8.22. The van der Waals surface area contributed by atoms with Crippen LogP contribution in [-0.4, -0.2) is 47.7 Å². The molecule has 118 valence electrons. The van der Waals surface area contributed by atoms with Crippen molar-refractivity contribution in [1.82, 2.24) is 4.90 Å². The summed E-state index contributed by atoms with van der Waals surface area (Å²) in [4.78, 5) is 17.0. The topological polar surface area (TPSA) is 78.3 Å². The highest BCUT2D eigenvalue weighted by Gasteiger charge is 2.48. The smallest absolute Gasteiger partial charge is 0.410 e. The molecule has 0 aromatic rings. The van der Waals surface area contributed by atoms with Crippen molar-refractivity contribution in [2.45, 2.75) is 39.2 Å². The predicted molar refractivity (Wildman–Crippen MR) is 84.3 cm³/mol. The Kier molecular flexibility index (Phi) is 4.94. The molecule has 2 rings (SSSR count). The van der Waals surface area contributed by atoms with Crippen LogP contribution in [0.4, 0.5) is 4.79 Å². The number of hydrogen-bond acceptors (Lipinski definition) is 4. The van der Waals surface area contributed by atoms with Gasteiger partial charge in [0.2, 0.25) is 0 Å². The van der Waals surface area contributed by atoms with Crippen LogP contribution in [-0.2, 0) is 4.74 Å². The summed E-state index contributed by atoms with van der Waals surface area (Å²) in [7, 11) is 0. The number of likely N-dealkylation sites (tertiary alicyclic amines) is 1. The maximum Gasteiger partial charge on any atom is 0.410 e. The minimum absolute atomic E-state index is 0.107. The van der Waals surface area contributed by atoms with Crippen LogP contribution in [0, 0.1) is 11.3 Å². The third kappa shape index (κ3) is 3.98. The fourth-order valence-electron chi connectivity index (χ4n) is 3.23. The SMILES string of the molecule is CC(C)(C)OC(=O)N1CC(CN=[N+]=[N-])C2(CCSCC2)C1. The first-order valence-corrected chi connectivity index (χ1v) is 8.58. The molecule has 2 fully saturated rings. The fraction of sp³-hybridized carbons (Fsp3) is 0.929. The van der Waals surface area contributed by atoms with Crippen molar-refractivity contribution < 1.29 is 9.53 Å². The van der Waals surface area contributed by atoms with Crippen LogP contribution in [0.5, 0.6) is 0 Å². The molecule has 2 heterocycles. The zero-order chi connectivity index (χ0) is 15.5. The molecule has 6 nitrogen and oxygen atoms in total. The van der Waals surface area contributed by atoms with Crippen LogP contribution < -0.4 is 0 Å². The lowest BCUT2D eigenvalue weighted by Gasteiger charge is -2.37. The van der Waals surface area contributed by atoms with E-state index in [1.165, 1.54) is 0 Å². The van der Waals surface area contributed by atoms with Gasteiger partial charge in [-0.15, -0.1) is 0 Å². The minimum atomic E-state index is -0.477. The normalized spacial score (nSPS) is 24.7. The molecule has 0 radical (unpaired) electrons. The number of amides is 1. The summed E-state index contributed by atoms with van der Waals surface area (Å²) in [5.74, 6) is 2.49. The lowest BCUT2D eigenvalue weighted by molar-refractivity contribution is 0.0270. The van der Waals surface area contributed by atoms with Gasteiger partial charge in [-0.2, -0.15) is 11.8 Å². The number of hydrogen-bond donors (Lipinski definition) is 0. The highest BCUT2D eigenvalue weighted by Crippen LogP contribution is 2.46. The van der Waals surface area contributed by atoms with E-state index in [2.05, 4.69) is 10.0 Å². The maximum absolute atomic E-state index is 12.3. The second kappa shape index (κ2) is 6.36. The predicted octanol–water partition coefficient (Wildman–Crippen LogP) is 3.68. The zero-order valence-electron chi connectivity index (χ0n) is 13.0. The van der Waals surface area contributed by atoms with Crippen molar-refractivity contribution in [1.29, 1.82) is 0 Å². The first-order chi connectivity index (χ1) is 9.86. The summed E-state index contributed by atoms with van der Waals surface area (Å²) >= 11 is 1.96. The standard InChI is InChI=1S/C14H24N4O2S/c1-13(2,3)20-12(19)18-9-11(8-16-17-15)14(10-18)4-6-21-7-5-14/h11H,4-10H2,1-3H3. The van der Waals surface area contributed by atoms with Crippen LogP contribution in [0.25, 0.3) is 10.4 Å². The molecule has 1 spiro atoms. The molecule has 0 bridgehead atoms. The van der Waals surface area contributed by atoms with Crippen LogP contribution >= 0.6 is 11.8 Å². The first-order valence-electron chi connectivity index (χ1n) is 7.43. The van der Waals surface area contributed by atoms with Gasteiger partial charge in [0.15, 0.2) is 0 Å². The Morgan fingerprint density at radius 3 is 2.71 bits per heavy atom. The minimum Gasteiger partial charge on any atom is -0.444 e. The van der Waals surface area contributed by atoms with Gasteiger partial charge in [-0.1, -0.05) is 5.11 Å². The molecular formula is C14H24N4O2S. The van der Waals surface area contributed by atoms with E-state index in [0.717, 1.165) is 30.9 Å². The van der Waals surface area contributed by atoms with E-state index in [1.54, 1.807) is 4.90 Å². The summed E-state index contributed by atoms with van der Waals surface area (Å²) < 4.78 is 5.49. The molecule has 1 atom stereocenters. The van der Waals surface area contributed by atoms with Crippen LogP contribution in [0.3, 0.4) is 0 Å². The van der Waals surface area contributed by atoms with E-state index >= 15 is 0 Å². The number of nitrogens with zero attached hydrogens (tertiary/aromatic N) is 4. The summed E-state index contributed by atoms with van der Waals surface area (Å²) in [5, 5.41) is 3.77. The number of rotatable bonds is 2. The fourth-order valence-corrected chi connectivity index (χ4v) is 4.54. The highest BCUT2D eigenvalue weighted by molar-refractivity contribution is 7.99. The Labute approximate surface area is 130 Å². The lowest BCUT2D eigenvalue weighted by atomic mass is 9.73.